The molecule has 0 unspecified atom stereocenters. The van der Waals surface area contributed by atoms with Crippen LogP contribution >= 0.6 is 0 Å². The van der Waals surface area contributed by atoms with Gasteiger partial charge < -0.3 is 19.5 Å². The third kappa shape index (κ3) is 6.48. The van der Waals surface area contributed by atoms with E-state index in [4.69, 9.17) is 14.2 Å². The smallest absolute Gasteiger partial charge is 0.410 e. The second kappa shape index (κ2) is 12.7. The molecule has 1 aliphatic rings. The van der Waals surface area contributed by atoms with Crippen LogP contribution in [-0.2, 0) is 6.61 Å². The van der Waals surface area contributed by atoms with E-state index in [2.05, 4.69) is 20.9 Å². The van der Waals surface area contributed by atoms with Crippen LogP contribution < -0.4 is 25.0 Å². The van der Waals surface area contributed by atoms with Gasteiger partial charge >= 0.3 is 6.18 Å². The standard InChI is InChI=1S/C32H32F3N5O4/c1-19-6-5-7-27(20(19)2)44-18-23-14-21(8-13-28(23)43-4)16-36-39-31(41)25-17-37-40-29(32(33,34)35)15-26(38-30(25)40)22-9-11-24(42-3)12-10-22/h5-14,16-17,26,29,38H,15,18H2,1-4H3,(H,39,41)/b36-16-/t26-,29+/m0/s1. The maximum atomic E-state index is 14.1. The predicted octanol–water partition coefficient (Wildman–Crippen LogP) is 6.52. The van der Waals surface area contributed by atoms with Crippen molar-refractivity contribution in [2.45, 2.75) is 45.1 Å². The first-order valence-electron chi connectivity index (χ1n) is 13.8. The molecule has 4 aromatic rings. The van der Waals surface area contributed by atoms with E-state index >= 15 is 0 Å². The summed E-state index contributed by atoms with van der Waals surface area (Å²) < 4.78 is 59.6. The van der Waals surface area contributed by atoms with Gasteiger partial charge in [0.05, 0.1) is 32.7 Å². The molecule has 230 valence electrons. The van der Waals surface area contributed by atoms with Crippen LogP contribution in [0.5, 0.6) is 17.2 Å². The second-order valence-corrected chi connectivity index (χ2v) is 10.4. The number of fused-ring (bicyclic) bond motifs is 1. The first kappa shape index (κ1) is 30.5. The monoisotopic (exact) mass is 607 g/mol. The first-order chi connectivity index (χ1) is 21.1. The Labute approximate surface area is 252 Å². The van der Waals surface area contributed by atoms with Crippen molar-refractivity contribution in [3.8, 4) is 17.2 Å². The van der Waals surface area contributed by atoms with Crippen molar-refractivity contribution in [3.63, 3.8) is 0 Å². The minimum Gasteiger partial charge on any atom is -0.497 e. The number of alkyl halides is 3. The molecule has 0 bridgehead atoms. The number of nitrogens with one attached hydrogen (secondary N) is 2. The Balaban J connectivity index is 1.32. The van der Waals surface area contributed by atoms with Crippen LogP contribution in [0, 0.1) is 13.8 Å². The third-order valence-corrected chi connectivity index (χ3v) is 7.62. The molecule has 0 aliphatic carbocycles. The van der Waals surface area contributed by atoms with E-state index < -0.39 is 24.2 Å². The van der Waals surface area contributed by atoms with Crippen molar-refractivity contribution in [2.24, 2.45) is 5.10 Å². The molecule has 0 spiro atoms. The summed E-state index contributed by atoms with van der Waals surface area (Å²) in [4.78, 5) is 13.1. The van der Waals surface area contributed by atoms with Gasteiger partial charge in [0.2, 0.25) is 0 Å². The van der Waals surface area contributed by atoms with Crippen molar-refractivity contribution < 1.29 is 32.2 Å². The van der Waals surface area contributed by atoms with Gasteiger partial charge in [0.1, 0.15) is 35.2 Å². The molecule has 1 aromatic heterocycles. The van der Waals surface area contributed by atoms with Gasteiger partial charge in [-0.05, 0) is 72.5 Å². The number of amides is 1. The number of anilines is 1. The fourth-order valence-electron chi connectivity index (χ4n) is 5.04. The summed E-state index contributed by atoms with van der Waals surface area (Å²) in [5.74, 6) is 1.22. The van der Waals surface area contributed by atoms with Gasteiger partial charge in [-0.1, -0.05) is 24.3 Å². The number of ether oxygens (including phenoxy) is 3. The molecule has 3 aromatic carbocycles. The largest absolute Gasteiger partial charge is 0.497 e. The van der Waals surface area contributed by atoms with E-state index in [0.29, 0.717) is 22.6 Å². The first-order valence-corrected chi connectivity index (χ1v) is 13.8. The fourth-order valence-corrected chi connectivity index (χ4v) is 5.04. The molecule has 44 heavy (non-hydrogen) atoms. The molecule has 9 nitrogen and oxygen atoms in total. The molecule has 2 atom stereocenters. The Kier molecular flexibility index (Phi) is 8.79. The Hall–Kier alpha value is -5.00. The number of rotatable bonds is 9. The molecule has 2 heterocycles. The lowest BCUT2D eigenvalue weighted by Gasteiger charge is -2.34. The molecule has 12 heteroatoms. The van der Waals surface area contributed by atoms with Crippen molar-refractivity contribution in [1.29, 1.82) is 0 Å². The van der Waals surface area contributed by atoms with Crippen LogP contribution in [0.2, 0.25) is 0 Å². The second-order valence-electron chi connectivity index (χ2n) is 10.4. The van der Waals surface area contributed by atoms with Crippen molar-refractivity contribution in [2.75, 3.05) is 19.5 Å². The number of carbonyl (C=O) groups is 1. The lowest BCUT2D eigenvalue weighted by molar-refractivity contribution is -0.173. The summed E-state index contributed by atoms with van der Waals surface area (Å²) in [6.07, 6.45) is -2.33. The van der Waals surface area contributed by atoms with Gasteiger partial charge in [-0.3, -0.25) is 4.79 Å². The topological polar surface area (TPSA) is 99.0 Å². The molecule has 2 N–H and O–H groups in total. The van der Waals surface area contributed by atoms with Crippen LogP contribution in [-0.4, -0.2) is 42.3 Å². The highest BCUT2D eigenvalue weighted by molar-refractivity contribution is 5.99. The zero-order valence-corrected chi connectivity index (χ0v) is 24.6. The number of methoxy groups -OCH3 is 2. The van der Waals surface area contributed by atoms with Crippen LogP contribution in [0.25, 0.3) is 0 Å². The van der Waals surface area contributed by atoms with Crippen LogP contribution in [0.15, 0.2) is 72.0 Å². The summed E-state index contributed by atoms with van der Waals surface area (Å²) >= 11 is 0. The van der Waals surface area contributed by atoms with Gasteiger partial charge in [-0.25, -0.2) is 10.1 Å². The van der Waals surface area contributed by atoms with Crippen molar-refractivity contribution in [3.05, 3.63) is 100 Å². The van der Waals surface area contributed by atoms with Gasteiger partial charge in [-0.2, -0.15) is 23.4 Å². The number of hydrogen-bond acceptors (Lipinski definition) is 7. The zero-order chi connectivity index (χ0) is 31.4. The predicted molar refractivity (Wildman–Crippen MR) is 160 cm³/mol. The lowest BCUT2D eigenvalue weighted by Crippen LogP contribution is -2.36. The summed E-state index contributed by atoms with van der Waals surface area (Å²) in [6, 6.07) is 15.3. The molecule has 5 rings (SSSR count). The molecular weight excluding hydrogens is 575 g/mol. The summed E-state index contributed by atoms with van der Waals surface area (Å²) in [5, 5.41) is 11.0. The van der Waals surface area contributed by atoms with Crippen molar-refractivity contribution in [1.82, 2.24) is 15.2 Å². The summed E-state index contributed by atoms with van der Waals surface area (Å²) in [7, 11) is 3.07. The Morgan fingerprint density at radius 1 is 1.09 bits per heavy atom. The molecule has 0 radical (unpaired) electrons. The van der Waals surface area contributed by atoms with Crippen LogP contribution in [0.1, 0.15) is 56.7 Å². The summed E-state index contributed by atoms with van der Waals surface area (Å²) in [5.41, 5.74) is 6.53. The van der Waals surface area contributed by atoms with Crippen LogP contribution in [0.3, 0.4) is 0 Å². The minimum absolute atomic E-state index is 0.0394. The number of carbonyl (C=O) groups excluding carboxylic acids is 1. The highest BCUT2D eigenvalue weighted by Gasteiger charge is 2.47. The van der Waals surface area contributed by atoms with E-state index in [9.17, 15) is 18.0 Å². The van der Waals surface area contributed by atoms with E-state index in [1.54, 1.807) is 43.5 Å². The number of hydrogen-bond donors (Lipinski definition) is 2. The maximum Gasteiger partial charge on any atom is 0.410 e. The molecule has 0 saturated carbocycles. The molecule has 1 amide bonds. The zero-order valence-electron chi connectivity index (χ0n) is 24.6. The molecule has 1 aliphatic heterocycles. The average molecular weight is 608 g/mol. The number of nitrogens with zero attached hydrogens (tertiary/aromatic N) is 3. The third-order valence-electron chi connectivity index (χ3n) is 7.62. The van der Waals surface area contributed by atoms with E-state index in [1.807, 2.05) is 38.1 Å². The molecular formula is C32H32F3N5O4. The Morgan fingerprint density at radius 3 is 2.57 bits per heavy atom. The van der Waals surface area contributed by atoms with Crippen molar-refractivity contribution >= 4 is 17.9 Å². The molecule has 0 fully saturated rings. The Morgan fingerprint density at radius 2 is 1.86 bits per heavy atom. The quantitative estimate of drug-likeness (QED) is 0.166. The number of aromatic nitrogens is 2. The van der Waals surface area contributed by atoms with E-state index in [1.165, 1.54) is 13.3 Å². The summed E-state index contributed by atoms with van der Waals surface area (Å²) in [6.45, 7) is 4.24. The minimum atomic E-state index is -4.58. The number of aryl methyl sites for hydroxylation is 1. The number of halogens is 3. The van der Waals surface area contributed by atoms with E-state index in [0.717, 1.165) is 33.3 Å². The van der Waals surface area contributed by atoms with Gasteiger partial charge in [0.25, 0.3) is 5.91 Å². The Bertz CT molecular complexity index is 1670. The number of hydrazone groups is 1. The van der Waals surface area contributed by atoms with Gasteiger partial charge in [0.15, 0.2) is 6.04 Å². The average Bonchev–Trinajstić information content (AvgIpc) is 3.45. The van der Waals surface area contributed by atoms with Gasteiger partial charge in [-0.15, -0.1) is 0 Å². The lowest BCUT2D eigenvalue weighted by atomic mass is 9.96. The normalized spacial score (nSPS) is 16.2. The van der Waals surface area contributed by atoms with E-state index in [-0.39, 0.29) is 24.4 Å². The molecule has 0 saturated heterocycles. The fraction of sp³-hybridized carbons (Fsp3) is 0.281. The SMILES string of the molecule is COc1ccc([C@@H]2C[C@H](C(F)(F)F)n3ncc(C(=O)N/N=C\c4ccc(OC)c(COc5cccc(C)c5C)c4)c3N2)cc1. The highest BCUT2D eigenvalue weighted by Crippen LogP contribution is 2.44. The van der Waals surface area contributed by atoms with Gasteiger partial charge in [0, 0.05) is 12.0 Å². The number of benzene rings is 3. The highest BCUT2D eigenvalue weighted by atomic mass is 19.4. The maximum absolute atomic E-state index is 14.1. The van der Waals surface area contributed by atoms with Crippen LogP contribution in [0.4, 0.5) is 19.0 Å².